The van der Waals surface area contributed by atoms with Crippen LogP contribution in [0.2, 0.25) is 0 Å². The van der Waals surface area contributed by atoms with E-state index in [1.165, 1.54) is 13.8 Å². The Balaban J connectivity index is 1.49. The van der Waals surface area contributed by atoms with Gasteiger partial charge in [0.05, 0.1) is 14.2 Å². The molecule has 3 heterocycles. The first-order valence-electron chi connectivity index (χ1n) is 13.5. The zero-order chi connectivity index (χ0) is 30.2. The lowest BCUT2D eigenvalue weighted by Gasteiger charge is -2.12. The summed E-state index contributed by atoms with van der Waals surface area (Å²) in [6.07, 6.45) is 3.45. The summed E-state index contributed by atoms with van der Waals surface area (Å²) in [5.74, 6) is 1.67. The third kappa shape index (κ3) is 11.2. The van der Waals surface area contributed by atoms with E-state index in [0.717, 1.165) is 22.3 Å². The van der Waals surface area contributed by atoms with Gasteiger partial charge in [-0.3, -0.25) is 14.6 Å². The van der Waals surface area contributed by atoms with Crippen LogP contribution in [0.15, 0.2) is 42.7 Å². The van der Waals surface area contributed by atoms with Crippen LogP contribution in [0.5, 0.6) is 23.5 Å². The Bertz CT molecular complexity index is 1210. The van der Waals surface area contributed by atoms with Gasteiger partial charge in [-0.2, -0.15) is 9.97 Å². The molecule has 2 amide bonds. The van der Waals surface area contributed by atoms with E-state index in [-0.39, 0.29) is 25.0 Å². The molecule has 0 unspecified atom stereocenters. The molecule has 0 aliphatic heterocycles. The minimum atomic E-state index is -0.0596. The molecule has 0 fully saturated rings. The molecule has 226 valence electrons. The van der Waals surface area contributed by atoms with Crippen molar-refractivity contribution in [3.05, 3.63) is 65.0 Å². The highest BCUT2D eigenvalue weighted by atomic mass is 16.5. The van der Waals surface area contributed by atoms with Crippen LogP contribution >= 0.6 is 0 Å². The van der Waals surface area contributed by atoms with Crippen LogP contribution in [0, 0.1) is 0 Å². The van der Waals surface area contributed by atoms with Crippen LogP contribution in [0.4, 0.5) is 0 Å². The van der Waals surface area contributed by atoms with Crippen LogP contribution in [0.25, 0.3) is 0 Å². The molecular weight excluding hydrogens is 542 g/mol. The monoisotopic (exact) mass is 581 g/mol. The lowest BCUT2D eigenvalue weighted by Crippen LogP contribution is -2.30. The van der Waals surface area contributed by atoms with E-state index >= 15 is 0 Å². The maximum atomic E-state index is 11.0. The highest BCUT2D eigenvalue weighted by Gasteiger charge is 2.10. The van der Waals surface area contributed by atoms with Gasteiger partial charge < -0.3 is 40.2 Å². The van der Waals surface area contributed by atoms with Crippen molar-refractivity contribution in [2.75, 3.05) is 40.4 Å². The number of aromatic nitrogens is 3. The fourth-order valence-corrected chi connectivity index (χ4v) is 3.80. The van der Waals surface area contributed by atoms with Crippen molar-refractivity contribution in [1.29, 1.82) is 0 Å². The van der Waals surface area contributed by atoms with Gasteiger partial charge >= 0.3 is 0 Å². The van der Waals surface area contributed by atoms with Gasteiger partial charge in [-0.05, 0) is 18.2 Å². The number of amides is 2. The normalized spacial score (nSPS) is 10.6. The van der Waals surface area contributed by atoms with E-state index in [0.29, 0.717) is 62.8 Å². The van der Waals surface area contributed by atoms with Gasteiger partial charge in [-0.25, -0.2) is 0 Å². The smallest absolute Gasteiger partial charge is 0.220 e. The fourth-order valence-electron chi connectivity index (χ4n) is 3.80. The van der Waals surface area contributed by atoms with Crippen molar-refractivity contribution in [1.82, 2.24) is 36.2 Å². The highest BCUT2D eigenvalue weighted by molar-refractivity contribution is 5.73. The summed E-state index contributed by atoms with van der Waals surface area (Å²) < 4.78 is 22.6. The van der Waals surface area contributed by atoms with Gasteiger partial charge in [0.25, 0.3) is 0 Å². The third-order valence-electron chi connectivity index (χ3n) is 5.82. The van der Waals surface area contributed by atoms with Crippen LogP contribution in [0.1, 0.15) is 36.1 Å². The first-order valence-corrected chi connectivity index (χ1v) is 13.5. The molecule has 0 saturated carbocycles. The lowest BCUT2D eigenvalue weighted by atomic mass is 10.2. The minimum Gasteiger partial charge on any atom is -0.481 e. The van der Waals surface area contributed by atoms with Crippen LogP contribution in [0.3, 0.4) is 0 Å². The van der Waals surface area contributed by atoms with Crippen LogP contribution < -0.4 is 40.2 Å². The number of nitrogens with zero attached hydrogens (tertiary/aromatic N) is 3. The van der Waals surface area contributed by atoms with Crippen molar-refractivity contribution in [3.8, 4) is 23.5 Å². The molecule has 0 aliphatic carbocycles. The second kappa shape index (κ2) is 17.4. The number of methoxy groups -OCH3 is 2. The molecule has 0 radical (unpaired) electrons. The summed E-state index contributed by atoms with van der Waals surface area (Å²) in [5, 5.41) is 12.0. The van der Waals surface area contributed by atoms with E-state index in [4.69, 9.17) is 18.9 Å². The summed E-state index contributed by atoms with van der Waals surface area (Å²) in [6.45, 7) is 6.94. The number of carbonyl (C=O) groups excluding carboxylic acids is 2. The van der Waals surface area contributed by atoms with E-state index < -0.39 is 0 Å². The first kappa shape index (κ1) is 32.0. The molecule has 3 aromatic rings. The fraction of sp³-hybridized carbons (Fsp3) is 0.414. The van der Waals surface area contributed by atoms with Crippen LogP contribution in [-0.4, -0.2) is 67.2 Å². The summed E-state index contributed by atoms with van der Waals surface area (Å²) in [4.78, 5) is 35.1. The second-order valence-electron chi connectivity index (χ2n) is 9.23. The molecule has 0 aliphatic rings. The topological polar surface area (TPSA) is 158 Å². The number of hydrogen-bond donors (Lipinski definition) is 4. The SMILES string of the molecule is COc1nc(OCc2cncc(COc3ccc(CNCCNC(C)=O)c(OC)n3)c2)ccc1CNCCNC(C)=O. The Labute approximate surface area is 245 Å². The molecule has 13 heteroatoms. The highest BCUT2D eigenvalue weighted by Crippen LogP contribution is 2.22. The minimum absolute atomic E-state index is 0.0596. The van der Waals surface area contributed by atoms with Gasteiger partial charge in [0.2, 0.25) is 35.3 Å². The number of pyridine rings is 3. The van der Waals surface area contributed by atoms with Gasteiger partial charge in [-0.1, -0.05) is 0 Å². The van der Waals surface area contributed by atoms with Crippen molar-refractivity contribution in [3.63, 3.8) is 0 Å². The van der Waals surface area contributed by atoms with Crippen molar-refractivity contribution in [2.45, 2.75) is 40.2 Å². The maximum absolute atomic E-state index is 11.0. The standard InChI is InChI=1S/C29H39N7O6/c1-20(37)33-11-9-30-16-24-5-7-26(35-28(24)39-3)41-18-22-13-23(15-32-14-22)19-42-27-8-6-25(29(36-27)40-4)17-31-10-12-34-21(2)38/h5-8,13-15,30-31H,9-12,16-19H2,1-4H3,(H,33,37)(H,34,38). The number of rotatable bonds is 18. The van der Waals surface area contributed by atoms with Gasteiger partial charge in [-0.15, -0.1) is 0 Å². The number of nitrogens with one attached hydrogen (secondary N) is 4. The Morgan fingerprint density at radius 3 is 1.55 bits per heavy atom. The lowest BCUT2D eigenvalue weighted by molar-refractivity contribution is -0.119. The van der Waals surface area contributed by atoms with E-state index in [9.17, 15) is 9.59 Å². The Kier molecular flexibility index (Phi) is 13.2. The molecular formula is C29H39N7O6. The molecule has 3 rings (SSSR count). The van der Waals surface area contributed by atoms with Crippen molar-refractivity contribution in [2.24, 2.45) is 0 Å². The Morgan fingerprint density at radius 1 is 0.690 bits per heavy atom. The zero-order valence-corrected chi connectivity index (χ0v) is 24.5. The summed E-state index contributed by atoms with van der Waals surface area (Å²) >= 11 is 0. The summed E-state index contributed by atoms with van der Waals surface area (Å²) in [5.41, 5.74) is 3.47. The molecule has 0 spiro atoms. The largest absolute Gasteiger partial charge is 0.481 e. The van der Waals surface area contributed by atoms with E-state index in [2.05, 4.69) is 36.2 Å². The van der Waals surface area contributed by atoms with Gasteiger partial charge in [0.1, 0.15) is 13.2 Å². The number of carbonyl (C=O) groups is 2. The van der Waals surface area contributed by atoms with Crippen molar-refractivity contribution >= 4 is 11.8 Å². The molecule has 0 atom stereocenters. The third-order valence-corrected chi connectivity index (χ3v) is 5.82. The van der Waals surface area contributed by atoms with E-state index in [1.807, 2.05) is 18.2 Å². The number of hydrogen-bond acceptors (Lipinski definition) is 11. The zero-order valence-electron chi connectivity index (χ0n) is 24.5. The first-order chi connectivity index (χ1) is 20.4. The molecule has 13 nitrogen and oxygen atoms in total. The molecule has 3 aromatic heterocycles. The van der Waals surface area contributed by atoms with Gasteiger partial charge in [0, 0.05) is 99.9 Å². The molecule has 0 aromatic carbocycles. The maximum Gasteiger partial charge on any atom is 0.220 e. The summed E-state index contributed by atoms with van der Waals surface area (Å²) in [7, 11) is 3.12. The van der Waals surface area contributed by atoms with Crippen LogP contribution in [-0.2, 0) is 35.9 Å². The average molecular weight is 582 g/mol. The predicted molar refractivity (Wildman–Crippen MR) is 155 cm³/mol. The molecule has 0 bridgehead atoms. The molecule has 42 heavy (non-hydrogen) atoms. The number of ether oxygens (including phenoxy) is 4. The second-order valence-corrected chi connectivity index (χ2v) is 9.23. The average Bonchev–Trinajstić information content (AvgIpc) is 2.99. The molecule has 0 saturated heterocycles. The van der Waals surface area contributed by atoms with E-state index in [1.54, 1.807) is 38.7 Å². The quantitative estimate of drug-likeness (QED) is 0.161. The Hall–Kier alpha value is -4.49. The predicted octanol–water partition coefficient (Wildman–Crippen LogP) is 1.50. The van der Waals surface area contributed by atoms with Gasteiger partial charge in [0.15, 0.2) is 0 Å². The van der Waals surface area contributed by atoms with Crippen molar-refractivity contribution < 1.29 is 28.5 Å². The Morgan fingerprint density at radius 2 is 1.14 bits per heavy atom. The summed E-state index contributed by atoms with van der Waals surface area (Å²) in [6, 6.07) is 9.30. The molecule has 4 N–H and O–H groups in total.